The van der Waals surface area contributed by atoms with E-state index in [0.29, 0.717) is 19.6 Å². The van der Waals surface area contributed by atoms with Gasteiger partial charge in [0.15, 0.2) is 5.75 Å². The molecule has 5 nitrogen and oxygen atoms in total. The summed E-state index contributed by atoms with van der Waals surface area (Å²) in [5.41, 5.74) is -0.166. The molecule has 0 amide bonds. The topological polar surface area (TPSA) is 64.4 Å². The standard InChI is InChI=1S/C9H17N3O2S/c1-9(2)8-12(6-5-11(9)3)15(13,14)7-4-10/h5-8H2,1-3H3. The second-order valence-corrected chi connectivity index (χ2v) is 6.45. The molecular formula is C9H17N3O2S. The van der Waals surface area contributed by atoms with E-state index in [-0.39, 0.29) is 5.54 Å². The molecule has 1 aliphatic rings. The van der Waals surface area contributed by atoms with E-state index in [1.165, 1.54) is 4.31 Å². The van der Waals surface area contributed by atoms with Crippen molar-refractivity contribution in [3.8, 4) is 6.07 Å². The van der Waals surface area contributed by atoms with Crippen LogP contribution in [0, 0.1) is 11.3 Å². The molecule has 0 bridgehead atoms. The van der Waals surface area contributed by atoms with Crippen molar-refractivity contribution in [2.24, 2.45) is 0 Å². The molecule has 1 rings (SSSR count). The molecule has 0 unspecified atom stereocenters. The van der Waals surface area contributed by atoms with Crippen LogP contribution in [0.5, 0.6) is 0 Å². The number of sulfonamides is 1. The third kappa shape index (κ3) is 2.68. The number of rotatable bonds is 2. The predicted molar refractivity (Wildman–Crippen MR) is 57.7 cm³/mol. The molecule has 1 fully saturated rings. The summed E-state index contributed by atoms with van der Waals surface area (Å²) in [4.78, 5) is 2.13. The Hall–Kier alpha value is -0.640. The van der Waals surface area contributed by atoms with Gasteiger partial charge in [-0.2, -0.15) is 9.57 Å². The van der Waals surface area contributed by atoms with Crippen LogP contribution in [-0.4, -0.2) is 55.6 Å². The molecule has 1 aliphatic heterocycles. The monoisotopic (exact) mass is 231 g/mol. The van der Waals surface area contributed by atoms with Crippen LogP contribution >= 0.6 is 0 Å². The van der Waals surface area contributed by atoms with Crippen LogP contribution in [0.2, 0.25) is 0 Å². The van der Waals surface area contributed by atoms with Gasteiger partial charge >= 0.3 is 0 Å². The van der Waals surface area contributed by atoms with Gasteiger partial charge in [-0.3, -0.25) is 4.90 Å². The lowest BCUT2D eigenvalue weighted by Gasteiger charge is -2.44. The molecule has 1 heterocycles. The van der Waals surface area contributed by atoms with Crippen molar-refractivity contribution >= 4 is 10.0 Å². The average Bonchev–Trinajstić information content (AvgIpc) is 2.09. The van der Waals surface area contributed by atoms with Gasteiger partial charge in [-0.25, -0.2) is 8.42 Å². The molecule has 0 aliphatic carbocycles. The summed E-state index contributed by atoms with van der Waals surface area (Å²) in [5.74, 6) is -0.424. The Labute approximate surface area is 91.3 Å². The van der Waals surface area contributed by atoms with Gasteiger partial charge < -0.3 is 0 Å². The van der Waals surface area contributed by atoms with Gasteiger partial charge in [0.05, 0.1) is 6.07 Å². The molecule has 15 heavy (non-hydrogen) atoms. The van der Waals surface area contributed by atoms with E-state index in [4.69, 9.17) is 5.26 Å². The maximum Gasteiger partial charge on any atom is 0.227 e. The molecule has 0 aromatic carbocycles. The second-order valence-electron chi connectivity index (χ2n) is 4.48. The van der Waals surface area contributed by atoms with Crippen molar-refractivity contribution < 1.29 is 8.42 Å². The van der Waals surface area contributed by atoms with Crippen molar-refractivity contribution in [1.29, 1.82) is 5.26 Å². The lowest BCUT2D eigenvalue weighted by molar-refractivity contribution is 0.0803. The van der Waals surface area contributed by atoms with E-state index < -0.39 is 15.8 Å². The van der Waals surface area contributed by atoms with Gasteiger partial charge in [0.25, 0.3) is 0 Å². The first-order chi connectivity index (χ1) is 6.79. The summed E-state index contributed by atoms with van der Waals surface area (Å²) in [5, 5.41) is 8.45. The van der Waals surface area contributed by atoms with Gasteiger partial charge in [0, 0.05) is 25.2 Å². The predicted octanol–water partition coefficient (Wildman–Crippen LogP) is -0.134. The first-order valence-corrected chi connectivity index (χ1v) is 6.46. The van der Waals surface area contributed by atoms with Crippen LogP contribution in [0.1, 0.15) is 13.8 Å². The first kappa shape index (κ1) is 12.4. The Kier molecular flexibility index (Phi) is 3.38. The van der Waals surface area contributed by atoms with Gasteiger partial charge in [-0.15, -0.1) is 0 Å². The maximum atomic E-state index is 11.7. The van der Waals surface area contributed by atoms with E-state index >= 15 is 0 Å². The van der Waals surface area contributed by atoms with Crippen LogP contribution < -0.4 is 0 Å². The molecule has 0 aromatic rings. The third-order valence-electron chi connectivity index (χ3n) is 2.92. The summed E-state index contributed by atoms with van der Waals surface area (Å²) < 4.78 is 24.7. The highest BCUT2D eigenvalue weighted by Gasteiger charge is 2.36. The fourth-order valence-corrected chi connectivity index (χ4v) is 2.82. The second kappa shape index (κ2) is 4.08. The summed E-state index contributed by atoms with van der Waals surface area (Å²) in [6.07, 6.45) is 0. The highest BCUT2D eigenvalue weighted by Crippen LogP contribution is 2.20. The maximum absolute atomic E-state index is 11.7. The number of hydrogen-bond donors (Lipinski definition) is 0. The van der Waals surface area contributed by atoms with E-state index in [0.717, 1.165) is 0 Å². The van der Waals surface area contributed by atoms with Crippen LogP contribution in [0.15, 0.2) is 0 Å². The van der Waals surface area contributed by atoms with Crippen molar-refractivity contribution in [3.05, 3.63) is 0 Å². The zero-order valence-corrected chi connectivity index (χ0v) is 10.2. The molecule has 86 valence electrons. The Morgan fingerprint density at radius 2 is 2.00 bits per heavy atom. The number of likely N-dealkylation sites (N-methyl/N-ethyl adjacent to an activating group) is 1. The van der Waals surface area contributed by atoms with Crippen LogP contribution in [-0.2, 0) is 10.0 Å². The molecule has 0 N–H and O–H groups in total. The molecule has 1 saturated heterocycles. The SMILES string of the molecule is CN1CCN(S(=O)(=O)CC#N)CC1(C)C. The molecule has 0 saturated carbocycles. The van der Waals surface area contributed by atoms with Crippen molar-refractivity contribution in [3.63, 3.8) is 0 Å². The van der Waals surface area contributed by atoms with Crippen molar-refractivity contribution in [2.75, 3.05) is 32.4 Å². The van der Waals surface area contributed by atoms with Crippen LogP contribution in [0.3, 0.4) is 0 Å². The molecular weight excluding hydrogens is 214 g/mol. The zero-order valence-electron chi connectivity index (χ0n) is 9.39. The Morgan fingerprint density at radius 1 is 1.40 bits per heavy atom. The molecule has 0 atom stereocenters. The minimum absolute atomic E-state index is 0.166. The summed E-state index contributed by atoms with van der Waals surface area (Å²) >= 11 is 0. The van der Waals surface area contributed by atoms with E-state index in [1.54, 1.807) is 6.07 Å². The molecule has 0 radical (unpaired) electrons. The summed E-state index contributed by atoms with van der Waals surface area (Å²) in [7, 11) is -1.40. The highest BCUT2D eigenvalue weighted by molar-refractivity contribution is 7.89. The number of nitrogens with zero attached hydrogens (tertiary/aromatic N) is 3. The molecule has 0 aromatic heterocycles. The van der Waals surface area contributed by atoms with Crippen LogP contribution in [0.25, 0.3) is 0 Å². The fraction of sp³-hybridized carbons (Fsp3) is 0.889. The highest BCUT2D eigenvalue weighted by atomic mass is 32.2. The smallest absolute Gasteiger partial charge is 0.227 e. The zero-order chi connectivity index (χ0) is 11.7. The van der Waals surface area contributed by atoms with Crippen LogP contribution in [0.4, 0.5) is 0 Å². The number of hydrogen-bond acceptors (Lipinski definition) is 4. The van der Waals surface area contributed by atoms with Crippen molar-refractivity contribution in [2.45, 2.75) is 19.4 Å². The van der Waals surface area contributed by atoms with E-state index in [2.05, 4.69) is 4.90 Å². The van der Waals surface area contributed by atoms with E-state index in [1.807, 2.05) is 20.9 Å². The number of piperazine rings is 1. The molecule has 0 spiro atoms. The van der Waals surface area contributed by atoms with Crippen molar-refractivity contribution in [1.82, 2.24) is 9.21 Å². The van der Waals surface area contributed by atoms with Gasteiger partial charge in [-0.1, -0.05) is 0 Å². The largest absolute Gasteiger partial charge is 0.299 e. The molecule has 6 heteroatoms. The van der Waals surface area contributed by atoms with Gasteiger partial charge in [0.2, 0.25) is 10.0 Å². The summed E-state index contributed by atoms with van der Waals surface area (Å²) in [6, 6.07) is 1.70. The Morgan fingerprint density at radius 3 is 2.47 bits per heavy atom. The summed E-state index contributed by atoms with van der Waals surface area (Å²) in [6.45, 7) is 5.64. The fourth-order valence-electron chi connectivity index (χ4n) is 1.61. The number of nitriles is 1. The minimum atomic E-state index is -3.38. The van der Waals surface area contributed by atoms with Gasteiger partial charge in [-0.05, 0) is 20.9 Å². The lowest BCUT2D eigenvalue weighted by Crippen LogP contribution is -2.59. The Bertz CT molecular complexity index is 369. The Balaban J connectivity index is 2.81. The third-order valence-corrected chi connectivity index (χ3v) is 4.51. The minimum Gasteiger partial charge on any atom is -0.299 e. The normalized spacial score (nSPS) is 23.6. The quantitative estimate of drug-likeness (QED) is 0.664. The van der Waals surface area contributed by atoms with Gasteiger partial charge in [0.1, 0.15) is 0 Å². The first-order valence-electron chi connectivity index (χ1n) is 4.85. The lowest BCUT2D eigenvalue weighted by atomic mass is 10.0. The average molecular weight is 231 g/mol. The van der Waals surface area contributed by atoms with E-state index in [9.17, 15) is 8.42 Å².